The zero-order valence-corrected chi connectivity index (χ0v) is 17.8. The van der Waals surface area contributed by atoms with Gasteiger partial charge in [-0.15, -0.1) is 11.3 Å². The summed E-state index contributed by atoms with van der Waals surface area (Å²) in [5.74, 6) is -0.136. The highest BCUT2D eigenvalue weighted by atomic mass is 32.1. The second-order valence-electron chi connectivity index (χ2n) is 7.38. The molecule has 29 heavy (non-hydrogen) atoms. The summed E-state index contributed by atoms with van der Waals surface area (Å²) in [7, 11) is 0. The van der Waals surface area contributed by atoms with Crippen LogP contribution in [0.4, 0.5) is 29.1 Å². The van der Waals surface area contributed by atoms with Crippen LogP contribution in [0.1, 0.15) is 32.0 Å². The SMILES string of the molecule is Cc1nc(NC(=O)C(C)(C)C)sc1-c1csc(Nc2cccc(C(F)(F)F)c2)n1. The van der Waals surface area contributed by atoms with Crippen LogP contribution < -0.4 is 10.6 Å². The summed E-state index contributed by atoms with van der Waals surface area (Å²) in [5.41, 5.74) is 0.408. The van der Waals surface area contributed by atoms with E-state index in [1.807, 2.05) is 27.7 Å². The van der Waals surface area contributed by atoms with Crippen LogP contribution in [0, 0.1) is 12.3 Å². The van der Waals surface area contributed by atoms with Gasteiger partial charge in [0.15, 0.2) is 10.3 Å². The van der Waals surface area contributed by atoms with Crippen molar-refractivity contribution in [2.45, 2.75) is 33.9 Å². The minimum atomic E-state index is -4.40. The largest absolute Gasteiger partial charge is 0.416 e. The van der Waals surface area contributed by atoms with Gasteiger partial charge in [-0.2, -0.15) is 13.2 Å². The molecule has 3 rings (SSSR count). The van der Waals surface area contributed by atoms with Crippen LogP contribution in [0.2, 0.25) is 0 Å². The first kappa shape index (κ1) is 21.3. The number of benzene rings is 1. The topological polar surface area (TPSA) is 66.9 Å². The van der Waals surface area contributed by atoms with E-state index in [4.69, 9.17) is 0 Å². The van der Waals surface area contributed by atoms with E-state index in [2.05, 4.69) is 20.6 Å². The van der Waals surface area contributed by atoms with Gasteiger partial charge in [0.2, 0.25) is 5.91 Å². The molecule has 2 N–H and O–H groups in total. The van der Waals surface area contributed by atoms with Crippen LogP contribution in [0.5, 0.6) is 0 Å². The summed E-state index contributed by atoms with van der Waals surface area (Å²) in [6.45, 7) is 7.26. The average molecular weight is 441 g/mol. The average Bonchev–Trinajstić information content (AvgIpc) is 3.20. The minimum Gasteiger partial charge on any atom is -0.332 e. The maximum atomic E-state index is 12.9. The normalized spacial score (nSPS) is 12.1. The Morgan fingerprint density at radius 1 is 1.10 bits per heavy atom. The number of thiazole rings is 2. The summed E-state index contributed by atoms with van der Waals surface area (Å²) in [6, 6.07) is 4.96. The lowest BCUT2D eigenvalue weighted by molar-refractivity contribution is -0.137. The van der Waals surface area contributed by atoms with Crippen molar-refractivity contribution < 1.29 is 18.0 Å². The maximum Gasteiger partial charge on any atom is 0.416 e. The van der Waals surface area contributed by atoms with Crippen molar-refractivity contribution in [1.29, 1.82) is 0 Å². The Balaban J connectivity index is 1.78. The van der Waals surface area contributed by atoms with E-state index in [0.29, 0.717) is 21.6 Å². The molecule has 0 saturated carbocycles. The van der Waals surface area contributed by atoms with Crippen molar-refractivity contribution in [3.05, 3.63) is 40.9 Å². The fourth-order valence-electron chi connectivity index (χ4n) is 2.30. The summed E-state index contributed by atoms with van der Waals surface area (Å²) >= 11 is 2.58. The van der Waals surface area contributed by atoms with Gasteiger partial charge in [0.25, 0.3) is 0 Å². The molecule has 10 heteroatoms. The van der Waals surface area contributed by atoms with Crippen molar-refractivity contribution in [1.82, 2.24) is 9.97 Å². The molecule has 5 nitrogen and oxygen atoms in total. The van der Waals surface area contributed by atoms with Gasteiger partial charge in [-0.25, -0.2) is 9.97 Å². The lowest BCUT2D eigenvalue weighted by Crippen LogP contribution is -2.27. The number of nitrogens with zero attached hydrogens (tertiary/aromatic N) is 2. The van der Waals surface area contributed by atoms with Crippen LogP contribution >= 0.6 is 22.7 Å². The number of aryl methyl sites for hydroxylation is 1. The molecule has 2 aromatic heterocycles. The molecule has 0 unspecified atom stereocenters. The van der Waals surface area contributed by atoms with Gasteiger partial charge >= 0.3 is 6.18 Å². The number of anilines is 3. The van der Waals surface area contributed by atoms with Gasteiger partial charge in [-0.05, 0) is 25.1 Å². The quantitative estimate of drug-likeness (QED) is 0.498. The van der Waals surface area contributed by atoms with E-state index in [0.717, 1.165) is 22.7 Å². The lowest BCUT2D eigenvalue weighted by atomic mass is 9.96. The molecule has 0 atom stereocenters. The van der Waals surface area contributed by atoms with E-state index in [-0.39, 0.29) is 5.91 Å². The molecule has 0 aliphatic carbocycles. The zero-order valence-electron chi connectivity index (χ0n) is 16.1. The molecule has 0 radical (unpaired) electrons. The Bertz CT molecular complexity index is 1030. The van der Waals surface area contributed by atoms with Crippen LogP contribution in [0.25, 0.3) is 10.6 Å². The number of alkyl halides is 3. The number of hydrogen-bond acceptors (Lipinski definition) is 6. The Hall–Kier alpha value is -2.46. The van der Waals surface area contributed by atoms with Gasteiger partial charge in [0.1, 0.15) is 0 Å². The number of carbonyl (C=O) groups excluding carboxylic acids is 1. The third-order valence-corrected chi connectivity index (χ3v) is 5.73. The van der Waals surface area contributed by atoms with Crippen LogP contribution in [-0.4, -0.2) is 15.9 Å². The number of hydrogen-bond donors (Lipinski definition) is 2. The molecule has 3 aromatic rings. The summed E-state index contributed by atoms with van der Waals surface area (Å²) < 4.78 is 38.6. The molecule has 1 aromatic carbocycles. The molecule has 0 aliphatic heterocycles. The predicted molar refractivity (Wildman–Crippen MR) is 111 cm³/mol. The Morgan fingerprint density at radius 3 is 2.48 bits per heavy atom. The number of aromatic nitrogens is 2. The second-order valence-corrected chi connectivity index (χ2v) is 9.24. The van der Waals surface area contributed by atoms with Crippen LogP contribution in [-0.2, 0) is 11.0 Å². The summed E-state index contributed by atoms with van der Waals surface area (Å²) in [6.07, 6.45) is -4.40. The molecule has 0 fully saturated rings. The number of carbonyl (C=O) groups is 1. The predicted octanol–water partition coefficient (Wildman–Crippen LogP) is 6.32. The first-order chi connectivity index (χ1) is 13.4. The van der Waals surface area contributed by atoms with Gasteiger partial charge < -0.3 is 10.6 Å². The van der Waals surface area contributed by atoms with E-state index in [1.54, 1.807) is 11.4 Å². The van der Waals surface area contributed by atoms with E-state index in [1.165, 1.54) is 28.7 Å². The monoisotopic (exact) mass is 440 g/mol. The van der Waals surface area contributed by atoms with Crippen molar-refractivity contribution in [3.8, 4) is 10.6 Å². The fraction of sp³-hybridized carbons (Fsp3) is 0.316. The number of amides is 1. The molecule has 154 valence electrons. The molecule has 2 heterocycles. The van der Waals surface area contributed by atoms with E-state index >= 15 is 0 Å². The fourth-order valence-corrected chi connectivity index (χ4v) is 4.02. The third-order valence-electron chi connectivity index (χ3n) is 3.88. The molecule has 0 aliphatic rings. The smallest absolute Gasteiger partial charge is 0.332 e. The Labute approximate surface area is 174 Å². The maximum absolute atomic E-state index is 12.9. The van der Waals surface area contributed by atoms with Gasteiger partial charge in [0.05, 0.1) is 21.8 Å². The first-order valence-corrected chi connectivity index (χ1v) is 10.3. The molecular formula is C19H19F3N4OS2. The Morgan fingerprint density at radius 2 is 1.83 bits per heavy atom. The van der Waals surface area contributed by atoms with Gasteiger partial charge in [0, 0.05) is 16.5 Å². The lowest BCUT2D eigenvalue weighted by Gasteiger charge is -2.15. The Kier molecular flexibility index (Phi) is 5.68. The molecule has 0 saturated heterocycles. The van der Waals surface area contributed by atoms with Crippen molar-refractivity contribution in [2.24, 2.45) is 5.41 Å². The van der Waals surface area contributed by atoms with Crippen LogP contribution in [0.15, 0.2) is 29.6 Å². The van der Waals surface area contributed by atoms with Crippen LogP contribution in [0.3, 0.4) is 0 Å². The molecule has 0 spiro atoms. The molecular weight excluding hydrogens is 421 g/mol. The summed E-state index contributed by atoms with van der Waals surface area (Å²) in [5, 5.41) is 8.46. The van der Waals surface area contributed by atoms with Crippen molar-refractivity contribution >= 4 is 44.5 Å². The van der Waals surface area contributed by atoms with Crippen molar-refractivity contribution in [3.63, 3.8) is 0 Å². The highest BCUT2D eigenvalue weighted by molar-refractivity contribution is 7.20. The highest BCUT2D eigenvalue weighted by Crippen LogP contribution is 2.36. The molecule has 0 bridgehead atoms. The second kappa shape index (κ2) is 7.75. The van der Waals surface area contributed by atoms with Crippen molar-refractivity contribution in [2.75, 3.05) is 10.6 Å². The van der Waals surface area contributed by atoms with E-state index < -0.39 is 17.2 Å². The van der Waals surface area contributed by atoms with E-state index in [9.17, 15) is 18.0 Å². The molecule has 1 amide bonds. The number of nitrogens with one attached hydrogen (secondary N) is 2. The van der Waals surface area contributed by atoms with Gasteiger partial charge in [-0.1, -0.05) is 38.2 Å². The number of rotatable bonds is 4. The minimum absolute atomic E-state index is 0.136. The first-order valence-electron chi connectivity index (χ1n) is 8.62. The standard InChI is InChI=1S/C19H19F3N4OS2/c1-10-14(29-17(23-10)26-15(27)18(2,3)4)13-9-28-16(25-13)24-12-7-5-6-11(8-12)19(20,21)22/h5-9H,1-4H3,(H,24,25)(H,23,26,27). The highest BCUT2D eigenvalue weighted by Gasteiger charge is 2.30. The third kappa shape index (κ3) is 5.13. The zero-order chi connectivity index (χ0) is 21.4. The number of halogens is 3. The summed E-state index contributed by atoms with van der Waals surface area (Å²) in [4.78, 5) is 21.8. The van der Waals surface area contributed by atoms with Gasteiger partial charge in [-0.3, -0.25) is 4.79 Å².